The van der Waals surface area contributed by atoms with Gasteiger partial charge in [0.2, 0.25) is 11.8 Å². The Morgan fingerprint density at radius 1 is 1.15 bits per heavy atom. The van der Waals surface area contributed by atoms with Crippen molar-refractivity contribution in [1.29, 1.82) is 0 Å². The van der Waals surface area contributed by atoms with Crippen molar-refractivity contribution in [2.24, 2.45) is 5.92 Å². The number of pyridine rings is 1. The highest BCUT2D eigenvalue weighted by atomic mass is 19.3. The van der Waals surface area contributed by atoms with Crippen LogP contribution >= 0.6 is 0 Å². The molecule has 7 nitrogen and oxygen atoms in total. The molecule has 0 bridgehead atoms. The number of fused-ring (bicyclic) bond motifs is 1. The third-order valence-electron chi connectivity index (χ3n) is 6.05. The highest BCUT2D eigenvalue weighted by Gasteiger charge is 2.28. The predicted octanol–water partition coefficient (Wildman–Crippen LogP) is 4.13. The molecule has 33 heavy (non-hydrogen) atoms. The molecule has 1 aliphatic carbocycles. The number of rotatable bonds is 6. The van der Waals surface area contributed by atoms with E-state index in [2.05, 4.69) is 10.3 Å². The molecule has 0 radical (unpaired) electrons. The summed E-state index contributed by atoms with van der Waals surface area (Å²) in [6.07, 6.45) is 2.33. The molecule has 1 aromatic heterocycles. The number of alkyl halides is 2. The van der Waals surface area contributed by atoms with Gasteiger partial charge in [-0.2, -0.15) is 0 Å². The maximum absolute atomic E-state index is 12.9. The smallest absolute Gasteiger partial charge is 0.407 e. The third kappa shape index (κ3) is 8.12. The summed E-state index contributed by atoms with van der Waals surface area (Å²) in [4.78, 5) is 31.2. The molecule has 2 heterocycles. The topological polar surface area (TPSA) is 80.8 Å². The maximum Gasteiger partial charge on any atom is 0.407 e. The fraction of sp³-hybridized carbons (Fsp3) is 0.708. The van der Waals surface area contributed by atoms with Crippen LogP contribution < -0.4 is 10.1 Å². The number of alkyl carbamates (subject to hydrolysis) is 1. The van der Waals surface area contributed by atoms with Crippen molar-refractivity contribution in [2.45, 2.75) is 83.8 Å². The first-order chi connectivity index (χ1) is 15.6. The number of hydrogen-bond acceptors (Lipinski definition) is 5. The van der Waals surface area contributed by atoms with Gasteiger partial charge < -0.3 is 19.7 Å². The van der Waals surface area contributed by atoms with E-state index >= 15 is 0 Å². The van der Waals surface area contributed by atoms with Crippen molar-refractivity contribution in [3.05, 3.63) is 23.4 Å². The number of ether oxygens (including phenoxy) is 2. The van der Waals surface area contributed by atoms with Crippen LogP contribution in [0.15, 0.2) is 12.1 Å². The minimum atomic E-state index is -2.54. The number of halogens is 2. The van der Waals surface area contributed by atoms with Gasteiger partial charge in [-0.25, -0.2) is 18.6 Å². The monoisotopic (exact) mass is 467 g/mol. The zero-order chi connectivity index (χ0) is 24.0. The van der Waals surface area contributed by atoms with E-state index in [0.717, 1.165) is 36.9 Å². The lowest BCUT2D eigenvalue weighted by molar-refractivity contribution is -0.132. The van der Waals surface area contributed by atoms with Gasteiger partial charge in [-0.1, -0.05) is 6.07 Å². The number of hydrogen-bond donors (Lipinski definition) is 1. The second-order valence-electron chi connectivity index (χ2n) is 9.91. The largest absolute Gasteiger partial charge is 0.472 e. The fourth-order valence-corrected chi connectivity index (χ4v) is 4.40. The van der Waals surface area contributed by atoms with Gasteiger partial charge >= 0.3 is 6.09 Å². The third-order valence-corrected chi connectivity index (χ3v) is 6.05. The molecule has 0 spiro atoms. The number of carbonyl (C=O) groups excluding carboxylic acids is 2. The summed E-state index contributed by atoms with van der Waals surface area (Å²) in [7, 11) is 0. The summed E-state index contributed by atoms with van der Waals surface area (Å²) in [5, 5.41) is 2.94. The van der Waals surface area contributed by atoms with Gasteiger partial charge in [-0.3, -0.25) is 4.79 Å². The molecule has 2 amide bonds. The molecule has 1 aliphatic heterocycles. The van der Waals surface area contributed by atoms with Crippen molar-refractivity contribution in [1.82, 2.24) is 15.2 Å². The van der Waals surface area contributed by atoms with Crippen molar-refractivity contribution in [3.63, 3.8) is 0 Å². The van der Waals surface area contributed by atoms with Crippen molar-refractivity contribution in [3.8, 4) is 5.88 Å². The highest BCUT2D eigenvalue weighted by molar-refractivity contribution is 5.76. The molecule has 1 saturated carbocycles. The van der Waals surface area contributed by atoms with Gasteiger partial charge in [0.25, 0.3) is 6.43 Å². The standard InChI is InChI=1S/C24H35F2N3O4/c1-24(2,3)33-23(31)27-18-7-4-16(5-8-18)14-22(30)29-12-10-17-6-9-21(32-15-20(25)26)28-19(17)11-13-29/h6,9,16,18,20H,4-5,7-8,10-15H2,1-3H3,(H,27,31). The molecule has 1 N–H and O–H groups in total. The van der Waals surface area contributed by atoms with E-state index in [-0.39, 0.29) is 23.9 Å². The second kappa shape index (κ2) is 11.1. The summed E-state index contributed by atoms with van der Waals surface area (Å²) < 4.78 is 35.1. The Labute approximate surface area is 194 Å². The van der Waals surface area contributed by atoms with Crippen LogP contribution in [0.3, 0.4) is 0 Å². The van der Waals surface area contributed by atoms with E-state index in [4.69, 9.17) is 9.47 Å². The highest BCUT2D eigenvalue weighted by Crippen LogP contribution is 2.28. The van der Waals surface area contributed by atoms with Gasteiger partial charge in [0.15, 0.2) is 6.61 Å². The van der Waals surface area contributed by atoms with Crippen LogP contribution in [0, 0.1) is 5.92 Å². The molecule has 9 heteroatoms. The normalized spacial score (nSPS) is 21.2. The number of carbonyl (C=O) groups is 2. The van der Waals surface area contributed by atoms with Crippen LogP contribution in [0.2, 0.25) is 0 Å². The summed E-state index contributed by atoms with van der Waals surface area (Å²) in [5.74, 6) is 0.651. The molecule has 1 fully saturated rings. The number of nitrogens with one attached hydrogen (secondary N) is 1. The molecule has 2 aliphatic rings. The quantitative estimate of drug-likeness (QED) is 0.681. The van der Waals surface area contributed by atoms with Crippen molar-refractivity contribution in [2.75, 3.05) is 19.7 Å². The lowest BCUT2D eigenvalue weighted by Gasteiger charge is -2.31. The minimum Gasteiger partial charge on any atom is -0.472 e. The van der Waals surface area contributed by atoms with Gasteiger partial charge in [0, 0.05) is 43.7 Å². The van der Waals surface area contributed by atoms with Gasteiger partial charge in [-0.15, -0.1) is 0 Å². The zero-order valence-electron chi connectivity index (χ0n) is 19.7. The Bertz CT molecular complexity index is 820. The van der Waals surface area contributed by atoms with Crippen LogP contribution in [0.5, 0.6) is 5.88 Å². The first kappa shape index (κ1) is 25.2. The lowest BCUT2D eigenvalue weighted by Crippen LogP contribution is -2.41. The van der Waals surface area contributed by atoms with Crippen LogP contribution in [-0.2, 0) is 22.4 Å². The second-order valence-corrected chi connectivity index (χ2v) is 9.91. The first-order valence-corrected chi connectivity index (χ1v) is 11.8. The molecular formula is C24H35F2N3O4. The first-order valence-electron chi connectivity index (χ1n) is 11.8. The molecule has 1 aromatic rings. The van der Waals surface area contributed by atoms with Crippen LogP contribution in [0.1, 0.15) is 64.1 Å². The average molecular weight is 468 g/mol. The number of aromatic nitrogens is 1. The molecule has 3 rings (SSSR count). The molecule has 184 valence electrons. The Morgan fingerprint density at radius 3 is 2.52 bits per heavy atom. The summed E-state index contributed by atoms with van der Waals surface area (Å²) in [5.41, 5.74) is 1.32. The Kier molecular flexibility index (Phi) is 8.48. The maximum atomic E-state index is 12.9. The van der Waals surface area contributed by atoms with E-state index < -0.39 is 18.6 Å². The van der Waals surface area contributed by atoms with Gasteiger partial charge in [-0.05, 0) is 64.4 Å². The van der Waals surface area contributed by atoms with Crippen molar-refractivity contribution < 1.29 is 27.8 Å². The van der Waals surface area contributed by atoms with E-state index in [0.29, 0.717) is 38.3 Å². The fourth-order valence-electron chi connectivity index (χ4n) is 4.40. The molecular weight excluding hydrogens is 432 g/mol. The lowest BCUT2D eigenvalue weighted by atomic mass is 9.84. The van der Waals surface area contributed by atoms with E-state index in [1.165, 1.54) is 0 Å². The Balaban J connectivity index is 1.43. The SMILES string of the molecule is CC(C)(C)OC(=O)NC1CCC(CC(=O)N2CCc3ccc(OCC(F)F)nc3CC2)CC1. The number of nitrogens with zero attached hydrogens (tertiary/aromatic N) is 2. The average Bonchev–Trinajstić information content (AvgIpc) is 2.94. The summed E-state index contributed by atoms with van der Waals surface area (Å²) in [6.45, 7) is 6.03. The summed E-state index contributed by atoms with van der Waals surface area (Å²) in [6, 6.07) is 3.56. The number of amides is 2. The molecule has 0 aromatic carbocycles. The van der Waals surface area contributed by atoms with E-state index in [1.54, 1.807) is 6.07 Å². The molecule has 0 saturated heterocycles. The minimum absolute atomic E-state index is 0.0893. The van der Waals surface area contributed by atoms with Crippen molar-refractivity contribution >= 4 is 12.0 Å². The van der Waals surface area contributed by atoms with E-state index in [1.807, 2.05) is 31.7 Å². The van der Waals surface area contributed by atoms with E-state index in [9.17, 15) is 18.4 Å². The van der Waals surface area contributed by atoms with Crippen LogP contribution in [-0.4, -0.2) is 59.6 Å². The van der Waals surface area contributed by atoms with Gasteiger partial charge in [0.05, 0.1) is 0 Å². The summed E-state index contributed by atoms with van der Waals surface area (Å²) >= 11 is 0. The Hall–Kier alpha value is -2.45. The van der Waals surface area contributed by atoms with Gasteiger partial charge in [0.1, 0.15) is 5.60 Å². The zero-order valence-corrected chi connectivity index (χ0v) is 19.7. The van der Waals surface area contributed by atoms with Crippen LogP contribution in [0.4, 0.5) is 13.6 Å². The molecule has 0 unspecified atom stereocenters. The Morgan fingerprint density at radius 2 is 1.85 bits per heavy atom. The van der Waals surface area contributed by atoms with Crippen LogP contribution in [0.25, 0.3) is 0 Å². The molecule has 0 atom stereocenters. The predicted molar refractivity (Wildman–Crippen MR) is 119 cm³/mol.